The molecule has 0 saturated carbocycles. The Balaban J connectivity index is 2.13. The van der Waals surface area contributed by atoms with Crippen molar-refractivity contribution >= 4 is 11.6 Å². The van der Waals surface area contributed by atoms with Gasteiger partial charge in [-0.2, -0.15) is 0 Å². The lowest BCUT2D eigenvalue weighted by molar-refractivity contribution is 0.682. The Bertz CT molecular complexity index is 291. The van der Waals surface area contributed by atoms with Gasteiger partial charge in [0.25, 0.3) is 0 Å². The van der Waals surface area contributed by atoms with Crippen LogP contribution in [-0.2, 0) is 0 Å². The average Bonchev–Trinajstić information content (AvgIpc) is 2.48. The maximum absolute atomic E-state index is 4.19. The van der Waals surface area contributed by atoms with Gasteiger partial charge in [-0.1, -0.05) is 52.4 Å². The summed E-state index contributed by atoms with van der Waals surface area (Å²) in [5.74, 6) is 1.75. The van der Waals surface area contributed by atoms with Gasteiger partial charge < -0.3 is 10.6 Å². The Kier molecular flexibility index (Phi) is 9.62. The summed E-state index contributed by atoms with van der Waals surface area (Å²) in [6.07, 6.45) is 10.2. The van der Waals surface area contributed by atoms with Gasteiger partial charge in [0.2, 0.25) is 0 Å². The third-order valence-electron chi connectivity index (χ3n) is 3.34. The van der Waals surface area contributed by atoms with E-state index in [1.165, 1.54) is 51.4 Å². The third kappa shape index (κ3) is 7.97. The number of hydrogen-bond donors (Lipinski definition) is 2. The van der Waals surface area contributed by atoms with Crippen molar-refractivity contribution in [2.75, 3.05) is 23.7 Å². The first-order valence-corrected chi connectivity index (χ1v) is 8.18. The average molecular weight is 278 g/mol. The molecule has 2 N–H and O–H groups in total. The fraction of sp³-hybridized carbons (Fsp3) is 0.750. The number of nitrogens with one attached hydrogen (secondary N) is 2. The molecule has 0 unspecified atom stereocenters. The predicted octanol–water partition coefficient (Wildman–Crippen LogP) is 4.46. The second-order valence-electron chi connectivity index (χ2n) is 5.28. The van der Waals surface area contributed by atoms with E-state index in [1.807, 2.05) is 12.1 Å². The molecule has 0 aromatic carbocycles. The zero-order chi connectivity index (χ0) is 14.5. The first kappa shape index (κ1) is 16.7. The maximum atomic E-state index is 4.19. The lowest BCUT2D eigenvalue weighted by Gasteiger charge is -2.07. The Morgan fingerprint density at radius 1 is 0.700 bits per heavy atom. The number of anilines is 2. The molecule has 0 fully saturated rings. The molecule has 0 radical (unpaired) electrons. The van der Waals surface area contributed by atoms with E-state index in [4.69, 9.17) is 0 Å². The fourth-order valence-electron chi connectivity index (χ4n) is 2.06. The largest absolute Gasteiger partial charge is 0.369 e. The summed E-state index contributed by atoms with van der Waals surface area (Å²) in [6, 6.07) is 4.00. The highest BCUT2D eigenvalue weighted by atomic mass is 15.2. The van der Waals surface area contributed by atoms with Gasteiger partial charge in [-0.05, 0) is 25.0 Å². The second-order valence-corrected chi connectivity index (χ2v) is 5.28. The van der Waals surface area contributed by atoms with E-state index >= 15 is 0 Å². The van der Waals surface area contributed by atoms with Crippen molar-refractivity contribution < 1.29 is 0 Å². The van der Waals surface area contributed by atoms with E-state index in [1.54, 1.807) is 0 Å². The first-order chi connectivity index (χ1) is 9.86. The number of unbranched alkanes of at least 4 members (excludes halogenated alkanes) is 6. The van der Waals surface area contributed by atoms with E-state index in [9.17, 15) is 0 Å². The number of aromatic nitrogens is 2. The van der Waals surface area contributed by atoms with E-state index in [2.05, 4.69) is 34.7 Å². The van der Waals surface area contributed by atoms with Crippen LogP contribution in [0.3, 0.4) is 0 Å². The minimum atomic E-state index is 0.873. The zero-order valence-corrected chi connectivity index (χ0v) is 13.1. The van der Waals surface area contributed by atoms with Crippen molar-refractivity contribution in [3.8, 4) is 0 Å². The quantitative estimate of drug-likeness (QED) is 0.554. The smallest absolute Gasteiger partial charge is 0.148 e. The number of nitrogens with zero attached hydrogens (tertiary/aromatic N) is 2. The highest BCUT2D eigenvalue weighted by molar-refractivity contribution is 5.41. The minimum absolute atomic E-state index is 0.873. The SMILES string of the molecule is CCCCCCNc1ccc(NCCCCCC)nn1. The summed E-state index contributed by atoms with van der Waals surface area (Å²) in [7, 11) is 0. The minimum Gasteiger partial charge on any atom is -0.369 e. The lowest BCUT2D eigenvalue weighted by Crippen LogP contribution is -2.07. The summed E-state index contributed by atoms with van der Waals surface area (Å²) >= 11 is 0. The molecule has 0 amide bonds. The molecule has 0 aliphatic rings. The molecule has 0 aliphatic heterocycles. The van der Waals surface area contributed by atoms with Crippen LogP contribution in [0.4, 0.5) is 11.6 Å². The van der Waals surface area contributed by atoms with Crippen LogP contribution in [0.25, 0.3) is 0 Å². The Hall–Kier alpha value is -1.32. The van der Waals surface area contributed by atoms with Crippen LogP contribution in [0.15, 0.2) is 12.1 Å². The molecule has 1 aromatic heterocycles. The van der Waals surface area contributed by atoms with Crippen molar-refractivity contribution in [1.82, 2.24) is 10.2 Å². The lowest BCUT2D eigenvalue weighted by atomic mass is 10.2. The van der Waals surface area contributed by atoms with Crippen LogP contribution in [0.2, 0.25) is 0 Å². The molecule has 4 nitrogen and oxygen atoms in total. The molecule has 1 aromatic rings. The van der Waals surface area contributed by atoms with Gasteiger partial charge in [-0.15, -0.1) is 10.2 Å². The number of hydrogen-bond acceptors (Lipinski definition) is 4. The standard InChI is InChI=1S/C16H30N4/c1-3-5-7-9-13-17-15-11-12-16(20-19-15)18-14-10-8-6-4-2/h11-12H,3-10,13-14H2,1-2H3,(H,17,19)(H,18,20). The molecule has 0 aliphatic carbocycles. The van der Waals surface area contributed by atoms with Crippen LogP contribution in [0.5, 0.6) is 0 Å². The Labute approximate surface area is 123 Å². The molecule has 0 spiro atoms. The predicted molar refractivity (Wildman–Crippen MR) is 87.3 cm³/mol. The molecule has 0 bridgehead atoms. The topological polar surface area (TPSA) is 49.8 Å². The summed E-state index contributed by atoms with van der Waals surface area (Å²) in [5.41, 5.74) is 0. The van der Waals surface area contributed by atoms with Crippen molar-refractivity contribution in [2.45, 2.75) is 65.2 Å². The second kappa shape index (κ2) is 11.5. The Morgan fingerprint density at radius 2 is 1.15 bits per heavy atom. The molecule has 114 valence electrons. The molecule has 0 atom stereocenters. The highest BCUT2D eigenvalue weighted by Crippen LogP contribution is 2.07. The molecule has 20 heavy (non-hydrogen) atoms. The normalized spacial score (nSPS) is 10.5. The van der Waals surface area contributed by atoms with Gasteiger partial charge in [-0.3, -0.25) is 0 Å². The van der Waals surface area contributed by atoms with Crippen LogP contribution >= 0.6 is 0 Å². The van der Waals surface area contributed by atoms with E-state index < -0.39 is 0 Å². The maximum Gasteiger partial charge on any atom is 0.148 e. The van der Waals surface area contributed by atoms with Gasteiger partial charge >= 0.3 is 0 Å². The molecular formula is C16H30N4. The van der Waals surface area contributed by atoms with Gasteiger partial charge in [-0.25, -0.2) is 0 Å². The highest BCUT2D eigenvalue weighted by Gasteiger charge is 1.97. The summed E-state index contributed by atoms with van der Waals surface area (Å²) in [4.78, 5) is 0. The molecule has 4 heteroatoms. The van der Waals surface area contributed by atoms with Crippen molar-refractivity contribution in [1.29, 1.82) is 0 Å². The van der Waals surface area contributed by atoms with Crippen molar-refractivity contribution in [3.05, 3.63) is 12.1 Å². The van der Waals surface area contributed by atoms with Crippen LogP contribution in [0, 0.1) is 0 Å². The van der Waals surface area contributed by atoms with E-state index in [0.717, 1.165) is 24.7 Å². The summed E-state index contributed by atoms with van der Waals surface area (Å²) in [5, 5.41) is 15.0. The van der Waals surface area contributed by atoms with Crippen LogP contribution in [0.1, 0.15) is 65.2 Å². The van der Waals surface area contributed by atoms with Crippen LogP contribution < -0.4 is 10.6 Å². The zero-order valence-electron chi connectivity index (χ0n) is 13.1. The van der Waals surface area contributed by atoms with Crippen molar-refractivity contribution in [2.24, 2.45) is 0 Å². The Morgan fingerprint density at radius 3 is 1.50 bits per heavy atom. The molecular weight excluding hydrogens is 248 g/mol. The van der Waals surface area contributed by atoms with Gasteiger partial charge in [0.05, 0.1) is 0 Å². The van der Waals surface area contributed by atoms with Gasteiger partial charge in [0.15, 0.2) is 0 Å². The number of rotatable bonds is 12. The van der Waals surface area contributed by atoms with E-state index in [-0.39, 0.29) is 0 Å². The van der Waals surface area contributed by atoms with Gasteiger partial charge in [0, 0.05) is 13.1 Å². The van der Waals surface area contributed by atoms with Crippen LogP contribution in [-0.4, -0.2) is 23.3 Å². The summed E-state index contributed by atoms with van der Waals surface area (Å²) in [6.45, 7) is 6.43. The summed E-state index contributed by atoms with van der Waals surface area (Å²) < 4.78 is 0. The molecule has 1 rings (SSSR count). The first-order valence-electron chi connectivity index (χ1n) is 8.18. The van der Waals surface area contributed by atoms with E-state index in [0.29, 0.717) is 0 Å². The third-order valence-corrected chi connectivity index (χ3v) is 3.34. The monoisotopic (exact) mass is 278 g/mol. The molecule has 0 saturated heterocycles. The fourth-order valence-corrected chi connectivity index (χ4v) is 2.06. The van der Waals surface area contributed by atoms with Gasteiger partial charge in [0.1, 0.15) is 11.6 Å². The molecule has 1 heterocycles. The van der Waals surface area contributed by atoms with Crippen molar-refractivity contribution in [3.63, 3.8) is 0 Å².